The summed E-state index contributed by atoms with van der Waals surface area (Å²) in [7, 11) is 1.59. The molecule has 2 N–H and O–H groups in total. The van der Waals surface area contributed by atoms with Crippen molar-refractivity contribution in [1.29, 1.82) is 0 Å². The smallest absolute Gasteiger partial charge is 0.257 e. The van der Waals surface area contributed by atoms with Crippen LogP contribution in [0.15, 0.2) is 34.2 Å². The molecule has 3 rings (SSSR count). The molecule has 0 saturated heterocycles. The zero-order valence-electron chi connectivity index (χ0n) is 13.6. The molecule has 6 nitrogen and oxygen atoms in total. The van der Waals surface area contributed by atoms with Gasteiger partial charge in [0.2, 0.25) is 5.91 Å². The maximum Gasteiger partial charge on any atom is 0.257 e. The van der Waals surface area contributed by atoms with Crippen LogP contribution in [-0.2, 0) is 4.79 Å². The lowest BCUT2D eigenvalue weighted by Crippen LogP contribution is -2.31. The summed E-state index contributed by atoms with van der Waals surface area (Å²) in [5.74, 6) is 1.45. The number of aromatic amines is 1. The number of amides is 1. The van der Waals surface area contributed by atoms with Crippen molar-refractivity contribution in [1.82, 2.24) is 9.97 Å². The number of ether oxygens (including phenoxy) is 1. The minimum atomic E-state index is -0.328. The molecule has 0 unspecified atom stereocenters. The van der Waals surface area contributed by atoms with Crippen LogP contribution in [0.3, 0.4) is 0 Å². The third-order valence-electron chi connectivity index (χ3n) is 3.87. The highest BCUT2D eigenvalue weighted by atomic mass is 32.2. The van der Waals surface area contributed by atoms with Crippen molar-refractivity contribution in [2.24, 2.45) is 0 Å². The molecule has 1 atom stereocenters. The summed E-state index contributed by atoms with van der Waals surface area (Å²) in [5.41, 5.74) is 1.17. The van der Waals surface area contributed by atoms with Crippen molar-refractivity contribution in [3.8, 4) is 5.75 Å². The second-order valence-corrected chi connectivity index (χ2v) is 6.65. The Kier molecular flexibility index (Phi) is 4.89. The highest BCUT2D eigenvalue weighted by Gasteiger charge is 2.31. The average molecular weight is 345 g/mol. The number of fused-ring (bicyclic) bond motifs is 1. The van der Waals surface area contributed by atoms with Gasteiger partial charge in [-0.15, -0.1) is 0 Å². The fourth-order valence-corrected chi connectivity index (χ4v) is 3.48. The number of benzene rings is 1. The average Bonchev–Trinajstić information content (AvgIpc) is 2.59. The second kappa shape index (κ2) is 7.09. The number of nitrogens with zero attached hydrogens (tertiary/aromatic N) is 1. The predicted octanol–water partition coefficient (Wildman–Crippen LogP) is 2.75. The molecule has 2 heterocycles. The van der Waals surface area contributed by atoms with Crippen molar-refractivity contribution in [3.05, 3.63) is 45.7 Å². The van der Waals surface area contributed by atoms with Gasteiger partial charge in [0.15, 0.2) is 5.16 Å². The van der Waals surface area contributed by atoms with E-state index in [1.165, 1.54) is 11.8 Å². The van der Waals surface area contributed by atoms with Gasteiger partial charge in [-0.05, 0) is 24.1 Å². The third-order valence-corrected chi connectivity index (χ3v) is 4.95. The molecular formula is C17H19N3O3S. The lowest BCUT2D eigenvalue weighted by molar-refractivity contribution is -0.116. The van der Waals surface area contributed by atoms with Crippen molar-refractivity contribution >= 4 is 23.5 Å². The molecule has 1 aliphatic heterocycles. The van der Waals surface area contributed by atoms with Gasteiger partial charge in [0.05, 0.1) is 12.7 Å². The van der Waals surface area contributed by atoms with Crippen LogP contribution in [0.25, 0.3) is 0 Å². The van der Waals surface area contributed by atoms with Gasteiger partial charge in [-0.1, -0.05) is 30.8 Å². The lowest BCUT2D eigenvalue weighted by atomic mass is 9.87. The fourth-order valence-electron chi connectivity index (χ4n) is 2.76. The Labute approximate surface area is 144 Å². The van der Waals surface area contributed by atoms with E-state index < -0.39 is 0 Å². The first-order valence-corrected chi connectivity index (χ1v) is 8.81. The van der Waals surface area contributed by atoms with E-state index >= 15 is 0 Å². The van der Waals surface area contributed by atoms with E-state index in [9.17, 15) is 9.59 Å². The van der Waals surface area contributed by atoms with E-state index in [2.05, 4.69) is 22.2 Å². The van der Waals surface area contributed by atoms with Crippen LogP contribution in [0.4, 0.5) is 5.82 Å². The van der Waals surface area contributed by atoms with Crippen molar-refractivity contribution in [2.75, 3.05) is 18.2 Å². The van der Waals surface area contributed by atoms with Gasteiger partial charge in [-0.3, -0.25) is 9.59 Å². The highest BCUT2D eigenvalue weighted by Crippen LogP contribution is 2.35. The van der Waals surface area contributed by atoms with Crippen LogP contribution in [0.1, 0.15) is 36.8 Å². The van der Waals surface area contributed by atoms with E-state index in [0.29, 0.717) is 22.3 Å². The number of aromatic nitrogens is 2. The number of carbonyl (C=O) groups is 1. The largest absolute Gasteiger partial charge is 0.497 e. The summed E-state index contributed by atoms with van der Waals surface area (Å²) in [6.07, 6.45) is 1.19. The van der Waals surface area contributed by atoms with Gasteiger partial charge >= 0.3 is 0 Å². The number of rotatable bonds is 5. The zero-order valence-corrected chi connectivity index (χ0v) is 14.4. The van der Waals surface area contributed by atoms with Gasteiger partial charge in [-0.25, -0.2) is 4.98 Å². The van der Waals surface area contributed by atoms with E-state index in [0.717, 1.165) is 17.7 Å². The van der Waals surface area contributed by atoms with Crippen LogP contribution < -0.4 is 15.6 Å². The summed E-state index contributed by atoms with van der Waals surface area (Å²) in [5, 5.41) is 3.27. The first-order chi connectivity index (χ1) is 11.6. The molecule has 2 aromatic rings. The number of H-pyrrole nitrogens is 1. The second-order valence-electron chi connectivity index (χ2n) is 5.56. The van der Waals surface area contributed by atoms with Gasteiger partial charge in [-0.2, -0.15) is 0 Å². The van der Waals surface area contributed by atoms with E-state index in [4.69, 9.17) is 4.74 Å². The molecule has 1 amide bonds. The summed E-state index contributed by atoms with van der Waals surface area (Å²) >= 11 is 1.47. The number of hydrogen-bond acceptors (Lipinski definition) is 5. The predicted molar refractivity (Wildman–Crippen MR) is 94.0 cm³/mol. The first kappa shape index (κ1) is 16.6. The Morgan fingerprint density at radius 2 is 2.21 bits per heavy atom. The van der Waals surface area contributed by atoms with Crippen LogP contribution in [0.5, 0.6) is 5.75 Å². The quantitative estimate of drug-likeness (QED) is 0.643. The SMILES string of the molecule is CCCSc1nc2c(c(=O)[nH]1)[C@@H](c1cccc(OC)c1)CC(=O)N2. The lowest BCUT2D eigenvalue weighted by Gasteiger charge is -2.24. The molecule has 1 aliphatic rings. The summed E-state index contributed by atoms with van der Waals surface area (Å²) < 4.78 is 5.25. The standard InChI is InChI=1S/C17H19N3O3S/c1-3-7-24-17-19-15-14(16(22)20-17)12(9-13(21)18-15)10-5-4-6-11(8-10)23-2/h4-6,8,12H,3,7,9H2,1-2H3,(H2,18,19,20,21,22)/t12-/m1/s1. The number of anilines is 1. The monoisotopic (exact) mass is 345 g/mol. The molecule has 0 spiro atoms. The summed E-state index contributed by atoms with van der Waals surface area (Å²) in [6.45, 7) is 2.06. The van der Waals surface area contributed by atoms with Crippen LogP contribution in [0, 0.1) is 0 Å². The molecule has 1 aromatic carbocycles. The molecule has 0 bridgehead atoms. The molecule has 24 heavy (non-hydrogen) atoms. The minimum Gasteiger partial charge on any atom is -0.497 e. The molecule has 126 valence electrons. The topological polar surface area (TPSA) is 84.1 Å². The Balaban J connectivity index is 2.06. The number of thioether (sulfide) groups is 1. The Morgan fingerprint density at radius 1 is 1.38 bits per heavy atom. The molecule has 7 heteroatoms. The van der Waals surface area contributed by atoms with Gasteiger partial charge < -0.3 is 15.0 Å². The summed E-state index contributed by atoms with van der Waals surface area (Å²) in [6, 6.07) is 7.44. The molecule has 1 aromatic heterocycles. The molecule has 0 radical (unpaired) electrons. The Hall–Kier alpha value is -2.28. The number of nitrogens with one attached hydrogen (secondary N) is 2. The summed E-state index contributed by atoms with van der Waals surface area (Å²) in [4.78, 5) is 32.0. The normalized spacial score (nSPS) is 16.4. The van der Waals surface area contributed by atoms with Crippen LogP contribution in [-0.4, -0.2) is 28.7 Å². The molecule has 0 fully saturated rings. The van der Waals surface area contributed by atoms with Crippen molar-refractivity contribution < 1.29 is 9.53 Å². The van der Waals surface area contributed by atoms with E-state index in [1.54, 1.807) is 7.11 Å². The Morgan fingerprint density at radius 3 is 2.96 bits per heavy atom. The highest BCUT2D eigenvalue weighted by molar-refractivity contribution is 7.99. The van der Waals surface area contributed by atoms with E-state index in [-0.39, 0.29) is 23.8 Å². The van der Waals surface area contributed by atoms with E-state index in [1.807, 2.05) is 24.3 Å². The Bertz CT molecular complexity index is 819. The fraction of sp³-hybridized carbons (Fsp3) is 0.353. The number of carbonyl (C=O) groups excluding carboxylic acids is 1. The van der Waals surface area contributed by atoms with Crippen molar-refractivity contribution in [2.45, 2.75) is 30.8 Å². The maximum absolute atomic E-state index is 12.6. The van der Waals surface area contributed by atoms with Crippen LogP contribution >= 0.6 is 11.8 Å². The molecular weight excluding hydrogens is 326 g/mol. The van der Waals surface area contributed by atoms with Gasteiger partial charge in [0, 0.05) is 18.1 Å². The zero-order chi connectivity index (χ0) is 17.1. The minimum absolute atomic E-state index is 0.139. The van der Waals surface area contributed by atoms with Crippen LogP contribution in [0.2, 0.25) is 0 Å². The first-order valence-electron chi connectivity index (χ1n) is 7.83. The maximum atomic E-state index is 12.6. The number of methoxy groups -OCH3 is 1. The van der Waals surface area contributed by atoms with Gasteiger partial charge in [0.1, 0.15) is 11.6 Å². The number of hydrogen-bond donors (Lipinski definition) is 2. The third kappa shape index (κ3) is 3.31. The van der Waals surface area contributed by atoms with Gasteiger partial charge in [0.25, 0.3) is 5.56 Å². The van der Waals surface area contributed by atoms with Crippen molar-refractivity contribution in [3.63, 3.8) is 0 Å². The molecule has 0 aliphatic carbocycles. The molecule has 0 saturated carbocycles.